The van der Waals surface area contributed by atoms with Crippen molar-refractivity contribution in [3.05, 3.63) is 40.0 Å². The van der Waals surface area contributed by atoms with Crippen molar-refractivity contribution < 1.29 is 9.90 Å². The summed E-state index contributed by atoms with van der Waals surface area (Å²) < 4.78 is 0. The summed E-state index contributed by atoms with van der Waals surface area (Å²) in [4.78, 5) is 19.9. The van der Waals surface area contributed by atoms with E-state index in [9.17, 15) is 9.90 Å². The number of nitrogens with zero attached hydrogens (tertiary/aromatic N) is 2. The van der Waals surface area contributed by atoms with Gasteiger partial charge in [-0.3, -0.25) is 0 Å². The Bertz CT molecular complexity index is 603. The SMILES string of the molecule is CC(C)(C)c1cc(C(=O)O)cc(NCc2cscn2)n1. The Morgan fingerprint density at radius 1 is 1.40 bits per heavy atom. The molecule has 0 aromatic carbocycles. The number of carboxylic acids is 1. The first-order valence-corrected chi connectivity index (χ1v) is 7.17. The summed E-state index contributed by atoms with van der Waals surface area (Å²) in [6.45, 7) is 6.55. The number of carbonyl (C=O) groups is 1. The third-order valence-corrected chi connectivity index (χ3v) is 3.41. The standard InChI is InChI=1S/C14H17N3O2S/c1-14(2,3)11-4-9(13(18)19)5-12(17-11)15-6-10-7-20-8-16-10/h4-5,7-8H,6H2,1-3H3,(H,15,17)(H,18,19). The van der Waals surface area contributed by atoms with Gasteiger partial charge in [0.1, 0.15) is 5.82 Å². The molecule has 2 aromatic rings. The Hall–Kier alpha value is -1.95. The number of aromatic carboxylic acids is 1. The molecule has 5 nitrogen and oxygen atoms in total. The first-order chi connectivity index (χ1) is 9.36. The predicted octanol–water partition coefficient (Wildman–Crippen LogP) is 3.15. The molecule has 0 spiro atoms. The summed E-state index contributed by atoms with van der Waals surface area (Å²) in [7, 11) is 0. The van der Waals surface area contributed by atoms with Crippen molar-refractivity contribution in [2.24, 2.45) is 0 Å². The Kier molecular flexibility index (Phi) is 4.04. The van der Waals surface area contributed by atoms with Crippen molar-refractivity contribution in [1.82, 2.24) is 9.97 Å². The predicted molar refractivity (Wildman–Crippen MR) is 79.3 cm³/mol. The van der Waals surface area contributed by atoms with Gasteiger partial charge in [-0.1, -0.05) is 20.8 Å². The van der Waals surface area contributed by atoms with Gasteiger partial charge in [0.25, 0.3) is 0 Å². The third kappa shape index (κ3) is 3.54. The number of nitrogens with one attached hydrogen (secondary N) is 1. The fourth-order valence-corrected chi connectivity index (χ4v) is 2.19. The van der Waals surface area contributed by atoms with Gasteiger partial charge < -0.3 is 10.4 Å². The molecule has 20 heavy (non-hydrogen) atoms. The van der Waals surface area contributed by atoms with Crippen molar-refractivity contribution in [2.45, 2.75) is 32.7 Å². The van der Waals surface area contributed by atoms with Crippen molar-refractivity contribution >= 4 is 23.1 Å². The highest BCUT2D eigenvalue weighted by atomic mass is 32.1. The second-order valence-electron chi connectivity index (χ2n) is 5.51. The zero-order valence-electron chi connectivity index (χ0n) is 11.7. The molecule has 2 rings (SSSR count). The van der Waals surface area contributed by atoms with E-state index in [2.05, 4.69) is 15.3 Å². The highest BCUT2D eigenvalue weighted by molar-refractivity contribution is 7.07. The van der Waals surface area contributed by atoms with Crippen molar-refractivity contribution in [3.8, 4) is 0 Å². The largest absolute Gasteiger partial charge is 0.478 e. The van der Waals surface area contributed by atoms with Crippen LogP contribution in [0.15, 0.2) is 23.0 Å². The Labute approximate surface area is 121 Å². The van der Waals surface area contributed by atoms with Crippen LogP contribution in [0.4, 0.5) is 5.82 Å². The molecule has 0 saturated carbocycles. The van der Waals surface area contributed by atoms with Crippen LogP contribution in [0.2, 0.25) is 0 Å². The molecule has 6 heteroatoms. The fourth-order valence-electron chi connectivity index (χ4n) is 1.63. The molecule has 0 aliphatic rings. The van der Waals surface area contributed by atoms with Crippen molar-refractivity contribution in [3.63, 3.8) is 0 Å². The molecule has 0 bridgehead atoms. The van der Waals surface area contributed by atoms with Crippen LogP contribution in [-0.4, -0.2) is 21.0 Å². The number of aromatic nitrogens is 2. The van der Waals surface area contributed by atoms with E-state index >= 15 is 0 Å². The highest BCUT2D eigenvalue weighted by Gasteiger charge is 2.19. The monoisotopic (exact) mass is 291 g/mol. The summed E-state index contributed by atoms with van der Waals surface area (Å²) in [5.41, 5.74) is 3.46. The zero-order valence-corrected chi connectivity index (χ0v) is 12.5. The minimum absolute atomic E-state index is 0.206. The Morgan fingerprint density at radius 3 is 2.70 bits per heavy atom. The van der Waals surface area contributed by atoms with Crippen LogP contribution in [0.1, 0.15) is 42.5 Å². The molecule has 0 amide bonds. The number of rotatable bonds is 4. The van der Waals surface area contributed by atoms with Gasteiger partial charge in [-0.15, -0.1) is 11.3 Å². The van der Waals surface area contributed by atoms with E-state index in [-0.39, 0.29) is 11.0 Å². The summed E-state index contributed by atoms with van der Waals surface area (Å²) in [5, 5.41) is 14.3. The minimum atomic E-state index is -0.949. The lowest BCUT2D eigenvalue weighted by Crippen LogP contribution is -2.16. The molecule has 2 aromatic heterocycles. The number of anilines is 1. The molecule has 0 fully saturated rings. The average Bonchev–Trinajstić information content (AvgIpc) is 2.88. The Balaban J connectivity index is 2.27. The molecule has 0 unspecified atom stereocenters. The zero-order chi connectivity index (χ0) is 14.8. The number of thiazole rings is 1. The molecule has 106 valence electrons. The normalized spacial score (nSPS) is 11.3. The van der Waals surface area contributed by atoms with Gasteiger partial charge in [-0.05, 0) is 12.1 Å². The van der Waals surface area contributed by atoms with E-state index in [0.717, 1.165) is 11.4 Å². The number of hydrogen-bond donors (Lipinski definition) is 2. The van der Waals surface area contributed by atoms with Crippen LogP contribution >= 0.6 is 11.3 Å². The molecular weight excluding hydrogens is 274 g/mol. The first-order valence-electron chi connectivity index (χ1n) is 6.23. The maximum atomic E-state index is 11.2. The van der Waals surface area contributed by atoms with Crippen LogP contribution < -0.4 is 5.32 Å². The maximum absolute atomic E-state index is 11.2. The van der Waals surface area contributed by atoms with Gasteiger partial charge in [0, 0.05) is 16.5 Å². The fraction of sp³-hybridized carbons (Fsp3) is 0.357. The van der Waals surface area contributed by atoms with E-state index in [0.29, 0.717) is 12.4 Å². The van der Waals surface area contributed by atoms with E-state index in [1.54, 1.807) is 17.6 Å². The van der Waals surface area contributed by atoms with Gasteiger partial charge in [0.05, 0.1) is 23.3 Å². The van der Waals surface area contributed by atoms with E-state index in [4.69, 9.17) is 0 Å². The van der Waals surface area contributed by atoms with Gasteiger partial charge in [-0.25, -0.2) is 14.8 Å². The second kappa shape index (κ2) is 5.58. The molecule has 0 radical (unpaired) electrons. The van der Waals surface area contributed by atoms with E-state index in [1.165, 1.54) is 11.3 Å². The van der Waals surface area contributed by atoms with Crippen molar-refractivity contribution in [1.29, 1.82) is 0 Å². The second-order valence-corrected chi connectivity index (χ2v) is 6.23. The topological polar surface area (TPSA) is 75.1 Å². The summed E-state index contributed by atoms with van der Waals surface area (Å²) in [5.74, 6) is -0.391. The molecule has 0 saturated heterocycles. The van der Waals surface area contributed by atoms with Crippen LogP contribution in [0.3, 0.4) is 0 Å². The molecule has 2 N–H and O–H groups in total. The van der Waals surface area contributed by atoms with Crippen LogP contribution in [-0.2, 0) is 12.0 Å². The summed E-state index contributed by atoms with van der Waals surface area (Å²) >= 11 is 1.52. The molecule has 2 heterocycles. The lowest BCUT2D eigenvalue weighted by molar-refractivity contribution is 0.0696. The molecule has 0 atom stereocenters. The number of carboxylic acid groups (broad SMARTS) is 1. The lowest BCUT2D eigenvalue weighted by Gasteiger charge is -2.19. The van der Waals surface area contributed by atoms with Gasteiger partial charge in [-0.2, -0.15) is 0 Å². The van der Waals surface area contributed by atoms with Crippen LogP contribution in [0, 0.1) is 0 Å². The molecule has 0 aliphatic carbocycles. The molecular formula is C14H17N3O2S. The average molecular weight is 291 g/mol. The number of hydrogen-bond acceptors (Lipinski definition) is 5. The smallest absolute Gasteiger partial charge is 0.335 e. The lowest BCUT2D eigenvalue weighted by atomic mass is 9.91. The minimum Gasteiger partial charge on any atom is -0.478 e. The maximum Gasteiger partial charge on any atom is 0.335 e. The summed E-state index contributed by atoms with van der Waals surface area (Å²) in [6.07, 6.45) is 0. The quantitative estimate of drug-likeness (QED) is 0.905. The van der Waals surface area contributed by atoms with Gasteiger partial charge in [0.15, 0.2) is 0 Å². The van der Waals surface area contributed by atoms with Crippen LogP contribution in [0.5, 0.6) is 0 Å². The third-order valence-electron chi connectivity index (χ3n) is 2.77. The highest BCUT2D eigenvalue weighted by Crippen LogP contribution is 2.23. The number of pyridine rings is 1. The van der Waals surface area contributed by atoms with Gasteiger partial charge in [0.2, 0.25) is 0 Å². The molecule has 0 aliphatic heterocycles. The summed E-state index contributed by atoms with van der Waals surface area (Å²) in [6, 6.07) is 3.17. The van der Waals surface area contributed by atoms with Crippen molar-refractivity contribution in [2.75, 3.05) is 5.32 Å². The van der Waals surface area contributed by atoms with E-state index < -0.39 is 5.97 Å². The van der Waals surface area contributed by atoms with Crippen LogP contribution in [0.25, 0.3) is 0 Å². The van der Waals surface area contributed by atoms with Gasteiger partial charge >= 0.3 is 5.97 Å². The van der Waals surface area contributed by atoms with E-state index in [1.807, 2.05) is 26.2 Å². The first kappa shape index (κ1) is 14.5. The Morgan fingerprint density at radius 2 is 2.15 bits per heavy atom.